The van der Waals surface area contributed by atoms with Gasteiger partial charge in [0, 0.05) is 31.7 Å². The van der Waals surface area contributed by atoms with E-state index in [1.807, 2.05) is 0 Å². The molecular weight excluding hydrogens is 260 g/mol. The molecule has 106 valence electrons. The summed E-state index contributed by atoms with van der Waals surface area (Å²) in [6.07, 6.45) is 2.69. The van der Waals surface area contributed by atoms with Crippen molar-refractivity contribution < 1.29 is 19.5 Å². The Morgan fingerprint density at radius 2 is 1.85 bits per heavy atom. The normalized spacial score (nSPS) is 10.2. The minimum Gasteiger partial charge on any atom is -0.478 e. The minimum absolute atomic E-state index is 0.139. The summed E-state index contributed by atoms with van der Waals surface area (Å²) >= 11 is 0. The van der Waals surface area contributed by atoms with Gasteiger partial charge in [0.15, 0.2) is 0 Å². The molecule has 0 spiro atoms. The number of amides is 2. The van der Waals surface area contributed by atoms with Crippen molar-refractivity contribution >= 4 is 23.9 Å². The first-order valence-electron chi connectivity index (χ1n) is 6.03. The van der Waals surface area contributed by atoms with Crippen LogP contribution in [0.3, 0.4) is 0 Å². The van der Waals surface area contributed by atoms with Crippen LogP contribution in [0.4, 0.5) is 0 Å². The zero-order valence-electron chi connectivity index (χ0n) is 11.1. The van der Waals surface area contributed by atoms with Crippen molar-refractivity contribution in [1.29, 1.82) is 0 Å². The van der Waals surface area contributed by atoms with Gasteiger partial charge in [-0.3, -0.25) is 9.59 Å². The maximum Gasteiger partial charge on any atom is 0.328 e. The molecule has 1 aromatic carbocycles. The van der Waals surface area contributed by atoms with Crippen molar-refractivity contribution in [3.8, 4) is 0 Å². The summed E-state index contributed by atoms with van der Waals surface area (Å²) in [7, 11) is 1.54. The number of carbonyl (C=O) groups is 3. The number of hydrogen-bond acceptors (Lipinski definition) is 3. The van der Waals surface area contributed by atoms with E-state index in [2.05, 4.69) is 10.6 Å². The van der Waals surface area contributed by atoms with E-state index in [9.17, 15) is 14.4 Å². The van der Waals surface area contributed by atoms with E-state index in [1.54, 1.807) is 24.3 Å². The van der Waals surface area contributed by atoms with E-state index in [4.69, 9.17) is 5.11 Å². The molecule has 0 saturated heterocycles. The van der Waals surface area contributed by atoms with Gasteiger partial charge in [0.1, 0.15) is 0 Å². The van der Waals surface area contributed by atoms with Gasteiger partial charge in [0.05, 0.1) is 0 Å². The molecule has 0 heterocycles. The quantitative estimate of drug-likeness (QED) is 0.665. The molecular formula is C14H16N2O4. The van der Waals surface area contributed by atoms with Gasteiger partial charge in [0.2, 0.25) is 5.91 Å². The molecule has 0 saturated carbocycles. The van der Waals surface area contributed by atoms with Crippen molar-refractivity contribution in [2.24, 2.45) is 0 Å². The summed E-state index contributed by atoms with van der Waals surface area (Å²) in [4.78, 5) is 33.1. The van der Waals surface area contributed by atoms with Crippen molar-refractivity contribution in [3.63, 3.8) is 0 Å². The molecule has 0 aliphatic carbocycles. The molecule has 1 rings (SSSR count). The Morgan fingerprint density at radius 3 is 2.40 bits per heavy atom. The highest BCUT2D eigenvalue weighted by atomic mass is 16.4. The molecule has 0 aliphatic rings. The third-order valence-corrected chi connectivity index (χ3v) is 2.51. The van der Waals surface area contributed by atoms with Crippen LogP contribution in [0.15, 0.2) is 30.3 Å². The van der Waals surface area contributed by atoms with Gasteiger partial charge in [0.25, 0.3) is 5.91 Å². The smallest absolute Gasteiger partial charge is 0.328 e. The molecule has 0 bridgehead atoms. The van der Waals surface area contributed by atoms with Crippen LogP contribution in [-0.2, 0) is 9.59 Å². The van der Waals surface area contributed by atoms with Gasteiger partial charge >= 0.3 is 5.97 Å². The van der Waals surface area contributed by atoms with Crippen molar-refractivity contribution in [2.45, 2.75) is 6.42 Å². The molecule has 3 N–H and O–H groups in total. The van der Waals surface area contributed by atoms with E-state index >= 15 is 0 Å². The molecule has 6 nitrogen and oxygen atoms in total. The predicted octanol–water partition coefficient (Wildman–Crippen LogP) is 0.650. The lowest BCUT2D eigenvalue weighted by Crippen LogP contribution is -2.29. The Morgan fingerprint density at radius 1 is 1.20 bits per heavy atom. The first kappa shape index (κ1) is 15.4. The Balaban J connectivity index is 2.53. The lowest BCUT2D eigenvalue weighted by molar-refractivity contribution is -0.131. The molecule has 0 radical (unpaired) electrons. The molecule has 0 aromatic heterocycles. The fraction of sp³-hybridized carbons (Fsp3) is 0.214. The standard InChI is InChI=1S/C14H16N2O4/c1-15-12(17)8-9-16-14(20)11-5-2-10(3-6-11)4-7-13(18)19/h2-7H,8-9H2,1H3,(H,15,17)(H,16,20)(H,18,19). The molecule has 6 heteroatoms. The van der Waals surface area contributed by atoms with Crippen molar-refractivity contribution in [3.05, 3.63) is 41.5 Å². The van der Waals surface area contributed by atoms with Crippen LogP contribution >= 0.6 is 0 Å². The van der Waals surface area contributed by atoms with Crippen LogP contribution in [0.25, 0.3) is 6.08 Å². The third-order valence-electron chi connectivity index (χ3n) is 2.51. The Bertz CT molecular complexity index is 520. The number of carboxylic acids is 1. The number of hydrogen-bond donors (Lipinski definition) is 3. The van der Waals surface area contributed by atoms with E-state index in [1.165, 1.54) is 13.1 Å². The molecule has 2 amide bonds. The molecule has 0 atom stereocenters. The van der Waals surface area contributed by atoms with E-state index < -0.39 is 5.97 Å². The lowest BCUT2D eigenvalue weighted by atomic mass is 10.1. The first-order valence-corrected chi connectivity index (χ1v) is 6.03. The fourth-order valence-corrected chi connectivity index (χ4v) is 1.43. The lowest BCUT2D eigenvalue weighted by Gasteiger charge is -2.05. The highest BCUT2D eigenvalue weighted by molar-refractivity contribution is 5.94. The number of carboxylic acid groups (broad SMARTS) is 1. The maximum atomic E-state index is 11.7. The second kappa shape index (κ2) is 7.73. The number of aliphatic carboxylic acids is 1. The summed E-state index contributed by atoms with van der Waals surface area (Å²) in [5.74, 6) is -1.44. The average molecular weight is 276 g/mol. The summed E-state index contributed by atoms with van der Waals surface area (Å²) in [5.41, 5.74) is 1.14. The molecule has 0 unspecified atom stereocenters. The second-order valence-electron chi connectivity index (χ2n) is 3.97. The van der Waals surface area contributed by atoms with Crippen molar-refractivity contribution in [2.75, 3.05) is 13.6 Å². The monoisotopic (exact) mass is 276 g/mol. The van der Waals surface area contributed by atoms with Gasteiger partial charge in [-0.1, -0.05) is 12.1 Å². The molecule has 1 aromatic rings. The zero-order valence-corrected chi connectivity index (χ0v) is 11.1. The van der Waals surface area contributed by atoms with Crippen LogP contribution in [0.5, 0.6) is 0 Å². The van der Waals surface area contributed by atoms with Crippen LogP contribution in [0, 0.1) is 0 Å². The summed E-state index contributed by atoms with van der Waals surface area (Å²) in [5, 5.41) is 13.6. The SMILES string of the molecule is CNC(=O)CCNC(=O)c1ccc(C=CC(=O)O)cc1. The highest BCUT2D eigenvalue weighted by Gasteiger charge is 2.05. The Kier molecular flexibility index (Phi) is 5.96. The number of nitrogens with one attached hydrogen (secondary N) is 2. The summed E-state index contributed by atoms with van der Waals surface area (Å²) < 4.78 is 0. The van der Waals surface area contributed by atoms with Gasteiger partial charge in [-0.25, -0.2) is 4.79 Å². The van der Waals surface area contributed by atoms with E-state index in [-0.39, 0.29) is 24.8 Å². The van der Waals surface area contributed by atoms with Gasteiger partial charge in [-0.2, -0.15) is 0 Å². The van der Waals surface area contributed by atoms with Gasteiger partial charge in [-0.05, 0) is 23.8 Å². The van der Waals surface area contributed by atoms with Crippen LogP contribution in [-0.4, -0.2) is 36.5 Å². The average Bonchev–Trinajstić information content (AvgIpc) is 2.45. The Labute approximate surface area is 116 Å². The van der Waals surface area contributed by atoms with Crippen LogP contribution in [0.2, 0.25) is 0 Å². The summed E-state index contributed by atoms with van der Waals surface area (Å²) in [6.45, 7) is 0.263. The van der Waals surface area contributed by atoms with E-state index in [0.717, 1.165) is 6.08 Å². The largest absolute Gasteiger partial charge is 0.478 e. The molecule has 20 heavy (non-hydrogen) atoms. The minimum atomic E-state index is -1.03. The molecule has 0 fully saturated rings. The highest BCUT2D eigenvalue weighted by Crippen LogP contribution is 2.06. The van der Waals surface area contributed by atoms with Gasteiger partial charge in [-0.15, -0.1) is 0 Å². The zero-order chi connectivity index (χ0) is 15.0. The first-order chi connectivity index (χ1) is 9.52. The van der Waals surface area contributed by atoms with E-state index in [0.29, 0.717) is 11.1 Å². The van der Waals surface area contributed by atoms with Gasteiger partial charge < -0.3 is 15.7 Å². The van der Waals surface area contributed by atoms with Crippen LogP contribution < -0.4 is 10.6 Å². The summed E-state index contributed by atoms with van der Waals surface area (Å²) in [6, 6.07) is 6.48. The van der Waals surface area contributed by atoms with Crippen LogP contribution in [0.1, 0.15) is 22.3 Å². The fourth-order valence-electron chi connectivity index (χ4n) is 1.43. The predicted molar refractivity (Wildman–Crippen MR) is 74.1 cm³/mol. The second-order valence-corrected chi connectivity index (χ2v) is 3.97. The number of benzene rings is 1. The number of rotatable bonds is 6. The third kappa shape index (κ3) is 5.34. The number of carbonyl (C=O) groups excluding carboxylic acids is 2. The maximum absolute atomic E-state index is 11.7. The van der Waals surface area contributed by atoms with Crippen molar-refractivity contribution in [1.82, 2.24) is 10.6 Å². The Hall–Kier alpha value is -2.63. The topological polar surface area (TPSA) is 95.5 Å². The molecule has 0 aliphatic heterocycles.